The molecule has 0 saturated heterocycles. The van der Waals surface area contributed by atoms with Gasteiger partial charge < -0.3 is 15.4 Å². The molecule has 1 unspecified atom stereocenters. The van der Waals surface area contributed by atoms with Gasteiger partial charge in [0, 0.05) is 25.2 Å². The van der Waals surface area contributed by atoms with E-state index in [0.29, 0.717) is 24.6 Å². The monoisotopic (exact) mass is 328 g/mol. The van der Waals surface area contributed by atoms with Crippen molar-refractivity contribution in [3.8, 4) is 5.75 Å². The normalized spacial score (nSPS) is 11.7. The number of ether oxygens (including phenoxy) is 1. The number of carbonyl (C=O) groups is 1. The Hall–Kier alpha value is -1.26. The third-order valence-corrected chi connectivity index (χ3v) is 3.55. The molecule has 1 aromatic rings. The maximum Gasteiger partial charge on any atom is 0.253 e. The highest BCUT2D eigenvalue weighted by molar-refractivity contribution is 5.94. The Bertz CT molecular complexity index is 452. The van der Waals surface area contributed by atoms with Crippen molar-refractivity contribution < 1.29 is 9.53 Å². The predicted octanol–water partition coefficient (Wildman–Crippen LogP) is 3.34. The van der Waals surface area contributed by atoms with Gasteiger partial charge in [0.1, 0.15) is 5.75 Å². The Kier molecular flexibility index (Phi) is 9.86. The van der Waals surface area contributed by atoms with Gasteiger partial charge in [-0.15, -0.1) is 12.4 Å². The van der Waals surface area contributed by atoms with E-state index in [-0.39, 0.29) is 24.4 Å². The zero-order chi connectivity index (χ0) is 15.8. The second kappa shape index (κ2) is 10.5. The Balaban J connectivity index is 0.00000441. The van der Waals surface area contributed by atoms with Crippen molar-refractivity contribution in [2.75, 3.05) is 20.2 Å². The van der Waals surface area contributed by atoms with Gasteiger partial charge in [0.25, 0.3) is 5.91 Å². The van der Waals surface area contributed by atoms with Crippen LogP contribution in [-0.2, 0) is 0 Å². The van der Waals surface area contributed by atoms with Crippen LogP contribution in [0, 0.1) is 5.92 Å². The highest BCUT2D eigenvalue weighted by Gasteiger charge is 2.15. The first-order valence-corrected chi connectivity index (χ1v) is 7.69. The number of hydrogen-bond donors (Lipinski definition) is 1. The molecule has 0 aliphatic rings. The van der Waals surface area contributed by atoms with E-state index in [1.54, 1.807) is 11.0 Å². The molecule has 2 N–H and O–H groups in total. The van der Waals surface area contributed by atoms with Crippen LogP contribution in [0.25, 0.3) is 0 Å². The third-order valence-electron chi connectivity index (χ3n) is 3.55. The molecule has 0 saturated carbocycles. The fourth-order valence-electron chi connectivity index (χ4n) is 1.94. The van der Waals surface area contributed by atoms with E-state index in [1.807, 2.05) is 25.2 Å². The first kappa shape index (κ1) is 20.7. The van der Waals surface area contributed by atoms with Crippen LogP contribution in [0.15, 0.2) is 24.3 Å². The summed E-state index contributed by atoms with van der Waals surface area (Å²) in [4.78, 5) is 14.1. The lowest BCUT2D eigenvalue weighted by Crippen LogP contribution is -2.34. The molecular formula is C17H29ClN2O2. The zero-order valence-electron chi connectivity index (χ0n) is 14.0. The molecule has 1 atom stereocenters. The average molecular weight is 329 g/mol. The summed E-state index contributed by atoms with van der Waals surface area (Å²) >= 11 is 0. The highest BCUT2D eigenvalue weighted by Crippen LogP contribution is 2.15. The van der Waals surface area contributed by atoms with Gasteiger partial charge in [0.2, 0.25) is 0 Å². The lowest BCUT2D eigenvalue weighted by molar-refractivity contribution is 0.0788. The topological polar surface area (TPSA) is 55.6 Å². The molecule has 1 amide bonds. The Morgan fingerprint density at radius 3 is 2.64 bits per heavy atom. The molecule has 0 aliphatic carbocycles. The minimum Gasteiger partial charge on any atom is -0.494 e. The van der Waals surface area contributed by atoms with Crippen molar-refractivity contribution in [3.05, 3.63) is 29.8 Å². The van der Waals surface area contributed by atoms with Crippen molar-refractivity contribution in [3.63, 3.8) is 0 Å². The summed E-state index contributed by atoms with van der Waals surface area (Å²) in [7, 11) is 1.81. The summed E-state index contributed by atoms with van der Waals surface area (Å²) in [5.74, 6) is 1.18. The van der Waals surface area contributed by atoms with Crippen molar-refractivity contribution in [2.45, 2.75) is 39.7 Å². The molecule has 0 spiro atoms. The first-order chi connectivity index (χ1) is 9.95. The largest absolute Gasteiger partial charge is 0.494 e. The quantitative estimate of drug-likeness (QED) is 0.796. The van der Waals surface area contributed by atoms with E-state index >= 15 is 0 Å². The van der Waals surface area contributed by atoms with E-state index < -0.39 is 0 Å². The van der Waals surface area contributed by atoms with E-state index in [4.69, 9.17) is 10.5 Å². The summed E-state index contributed by atoms with van der Waals surface area (Å²) in [6.07, 6.45) is 1.76. The smallest absolute Gasteiger partial charge is 0.253 e. The van der Waals surface area contributed by atoms with E-state index in [0.717, 1.165) is 18.6 Å². The zero-order valence-corrected chi connectivity index (χ0v) is 14.9. The molecule has 0 fully saturated rings. The van der Waals surface area contributed by atoms with Crippen LogP contribution in [0.1, 0.15) is 44.0 Å². The van der Waals surface area contributed by atoms with Gasteiger partial charge in [-0.1, -0.05) is 26.8 Å². The molecule has 0 aliphatic heterocycles. The van der Waals surface area contributed by atoms with Crippen LogP contribution in [0.4, 0.5) is 0 Å². The highest BCUT2D eigenvalue weighted by atomic mass is 35.5. The minimum absolute atomic E-state index is 0. The van der Waals surface area contributed by atoms with Gasteiger partial charge in [0.05, 0.1) is 6.61 Å². The summed E-state index contributed by atoms with van der Waals surface area (Å²) in [5, 5.41) is 0. The molecule has 0 heterocycles. The van der Waals surface area contributed by atoms with Gasteiger partial charge in [-0.3, -0.25) is 4.79 Å². The molecular weight excluding hydrogens is 300 g/mol. The van der Waals surface area contributed by atoms with E-state index in [9.17, 15) is 4.79 Å². The van der Waals surface area contributed by atoms with Gasteiger partial charge >= 0.3 is 0 Å². The molecule has 0 radical (unpaired) electrons. The summed E-state index contributed by atoms with van der Waals surface area (Å²) in [6, 6.07) is 7.48. The third kappa shape index (κ3) is 6.67. The average Bonchev–Trinajstić information content (AvgIpc) is 2.49. The van der Waals surface area contributed by atoms with E-state index in [2.05, 4.69) is 20.8 Å². The van der Waals surface area contributed by atoms with Gasteiger partial charge in [-0.25, -0.2) is 0 Å². The molecule has 1 rings (SSSR count). The Morgan fingerprint density at radius 2 is 2.05 bits per heavy atom. The molecule has 5 heteroatoms. The van der Waals surface area contributed by atoms with Gasteiger partial charge in [0.15, 0.2) is 0 Å². The number of nitrogens with two attached hydrogens (primary N) is 1. The summed E-state index contributed by atoms with van der Waals surface area (Å²) in [6.45, 7) is 7.58. The maximum absolute atomic E-state index is 12.4. The van der Waals surface area contributed by atoms with Crippen molar-refractivity contribution in [1.82, 2.24) is 4.90 Å². The van der Waals surface area contributed by atoms with Crippen LogP contribution in [0.2, 0.25) is 0 Å². The molecule has 0 bridgehead atoms. The van der Waals surface area contributed by atoms with Crippen LogP contribution >= 0.6 is 12.4 Å². The SMILES string of the molecule is CCCOc1cccc(C(=O)N(C)CCC(N)C(C)C)c1.Cl. The molecule has 1 aromatic carbocycles. The number of benzene rings is 1. The van der Waals surface area contributed by atoms with Crippen molar-refractivity contribution in [2.24, 2.45) is 11.7 Å². The second-order valence-electron chi connectivity index (χ2n) is 5.80. The Labute approximate surface area is 140 Å². The molecule has 22 heavy (non-hydrogen) atoms. The minimum atomic E-state index is 0. The first-order valence-electron chi connectivity index (χ1n) is 7.69. The molecule has 0 aromatic heterocycles. The number of hydrogen-bond acceptors (Lipinski definition) is 3. The fraction of sp³-hybridized carbons (Fsp3) is 0.588. The molecule has 126 valence electrons. The van der Waals surface area contributed by atoms with Crippen LogP contribution < -0.4 is 10.5 Å². The van der Waals surface area contributed by atoms with Crippen LogP contribution in [0.5, 0.6) is 5.75 Å². The lowest BCUT2D eigenvalue weighted by atomic mass is 10.0. The maximum atomic E-state index is 12.4. The van der Waals surface area contributed by atoms with Crippen LogP contribution in [-0.4, -0.2) is 37.0 Å². The fourth-order valence-corrected chi connectivity index (χ4v) is 1.94. The van der Waals surface area contributed by atoms with Crippen LogP contribution in [0.3, 0.4) is 0 Å². The summed E-state index contributed by atoms with van der Waals surface area (Å²) < 4.78 is 5.56. The standard InChI is InChI=1S/C17H28N2O2.ClH/c1-5-11-21-15-8-6-7-14(12-15)17(20)19(4)10-9-16(18)13(2)3;/h6-8,12-13,16H,5,9-11,18H2,1-4H3;1H. The Morgan fingerprint density at radius 1 is 1.36 bits per heavy atom. The number of rotatable bonds is 8. The second-order valence-corrected chi connectivity index (χ2v) is 5.80. The van der Waals surface area contributed by atoms with Crippen molar-refractivity contribution >= 4 is 18.3 Å². The predicted molar refractivity (Wildman–Crippen MR) is 93.9 cm³/mol. The lowest BCUT2D eigenvalue weighted by Gasteiger charge is -2.21. The number of halogens is 1. The van der Waals surface area contributed by atoms with E-state index in [1.165, 1.54) is 0 Å². The number of carbonyl (C=O) groups excluding carboxylic acids is 1. The number of amides is 1. The van der Waals surface area contributed by atoms with Crippen molar-refractivity contribution in [1.29, 1.82) is 0 Å². The van der Waals surface area contributed by atoms with Gasteiger partial charge in [-0.2, -0.15) is 0 Å². The summed E-state index contributed by atoms with van der Waals surface area (Å²) in [5.41, 5.74) is 6.68. The van der Waals surface area contributed by atoms with Gasteiger partial charge in [-0.05, 0) is 37.0 Å². The number of nitrogens with zero attached hydrogens (tertiary/aromatic N) is 1. The molecule has 4 nitrogen and oxygen atoms in total.